The predicted octanol–water partition coefficient (Wildman–Crippen LogP) is 2.54. The van der Waals surface area contributed by atoms with E-state index in [4.69, 9.17) is 0 Å². The predicted molar refractivity (Wildman–Crippen MR) is 64.4 cm³/mol. The van der Waals surface area contributed by atoms with Gasteiger partial charge in [0.15, 0.2) is 11.4 Å². The fourth-order valence-electron chi connectivity index (χ4n) is 1.59. The van der Waals surface area contributed by atoms with E-state index in [1.54, 1.807) is 0 Å². The first-order valence-electron chi connectivity index (χ1n) is 5.37. The van der Waals surface area contributed by atoms with Crippen molar-refractivity contribution in [1.29, 1.82) is 0 Å². The van der Waals surface area contributed by atoms with E-state index in [2.05, 4.69) is 0 Å². The van der Waals surface area contributed by atoms with Crippen LogP contribution in [0.1, 0.15) is 11.1 Å². The number of rotatable bonds is 2. The molecule has 0 radical (unpaired) electrons. The van der Waals surface area contributed by atoms with Crippen molar-refractivity contribution in [3.05, 3.63) is 59.7 Å². The van der Waals surface area contributed by atoms with Crippen molar-refractivity contribution in [3.63, 3.8) is 0 Å². The summed E-state index contributed by atoms with van der Waals surface area (Å²) < 4.78 is 0. The van der Waals surface area contributed by atoms with E-state index in [9.17, 15) is 5.21 Å². The molecular formula is C14H16NO+. The molecule has 0 bridgehead atoms. The Balaban J connectivity index is 2.28. The van der Waals surface area contributed by atoms with Crippen LogP contribution in [0.4, 0.5) is 11.4 Å². The van der Waals surface area contributed by atoms with Crippen LogP contribution in [-0.4, -0.2) is 5.21 Å². The van der Waals surface area contributed by atoms with E-state index in [0.29, 0.717) is 5.06 Å². The molecule has 2 aromatic rings. The molecule has 0 aromatic heterocycles. The van der Waals surface area contributed by atoms with E-state index >= 15 is 0 Å². The number of hydrogen-bond donors (Lipinski definition) is 2. The van der Waals surface area contributed by atoms with Crippen LogP contribution in [0.3, 0.4) is 0 Å². The summed E-state index contributed by atoms with van der Waals surface area (Å²) in [6, 6.07) is 15.7. The second kappa shape index (κ2) is 4.47. The molecule has 0 amide bonds. The van der Waals surface area contributed by atoms with Gasteiger partial charge in [-0.15, -0.1) is 5.06 Å². The number of nitrogens with one attached hydrogen (secondary N) is 1. The Morgan fingerprint density at radius 2 is 1.00 bits per heavy atom. The zero-order valence-corrected chi connectivity index (χ0v) is 9.57. The van der Waals surface area contributed by atoms with Crippen molar-refractivity contribution in [1.82, 2.24) is 0 Å². The monoisotopic (exact) mass is 214 g/mol. The fraction of sp³-hybridized carbons (Fsp3) is 0.143. The number of hydrogen-bond acceptors (Lipinski definition) is 1. The van der Waals surface area contributed by atoms with Gasteiger partial charge in [-0.25, -0.2) is 5.21 Å². The standard InChI is InChI=1S/C14H15NO/c1-11-3-7-13(8-4-11)15(16)14-9-5-12(2)6-10-14/h3-10,16H,1-2H3/p+1. The smallest absolute Gasteiger partial charge is 0.168 e. The Morgan fingerprint density at radius 1 is 0.688 bits per heavy atom. The highest BCUT2D eigenvalue weighted by atomic mass is 16.5. The van der Waals surface area contributed by atoms with Crippen LogP contribution in [0, 0.1) is 13.8 Å². The maximum absolute atomic E-state index is 10.1. The van der Waals surface area contributed by atoms with Gasteiger partial charge >= 0.3 is 0 Å². The summed E-state index contributed by atoms with van der Waals surface area (Å²) in [7, 11) is 0. The van der Waals surface area contributed by atoms with Gasteiger partial charge in [-0.3, -0.25) is 0 Å². The molecule has 0 aliphatic rings. The zero-order chi connectivity index (χ0) is 11.5. The Hall–Kier alpha value is -1.64. The van der Waals surface area contributed by atoms with Gasteiger partial charge in [0.25, 0.3) is 0 Å². The van der Waals surface area contributed by atoms with Crippen molar-refractivity contribution in [3.8, 4) is 0 Å². The quantitative estimate of drug-likeness (QED) is 0.738. The molecule has 0 saturated carbocycles. The van der Waals surface area contributed by atoms with Gasteiger partial charge in [-0.1, -0.05) is 35.4 Å². The van der Waals surface area contributed by atoms with Crippen molar-refractivity contribution >= 4 is 11.4 Å². The summed E-state index contributed by atoms with van der Waals surface area (Å²) in [5.41, 5.74) is 4.10. The van der Waals surface area contributed by atoms with Crippen LogP contribution in [0.5, 0.6) is 0 Å². The molecule has 2 N–H and O–H groups in total. The fourth-order valence-corrected chi connectivity index (χ4v) is 1.59. The SMILES string of the molecule is Cc1ccc([NH+](O)c2ccc(C)cc2)cc1. The Morgan fingerprint density at radius 3 is 1.31 bits per heavy atom. The third kappa shape index (κ3) is 2.30. The molecule has 0 unspecified atom stereocenters. The lowest BCUT2D eigenvalue weighted by molar-refractivity contribution is -0.978. The van der Waals surface area contributed by atoms with Gasteiger partial charge in [0.1, 0.15) is 0 Å². The molecule has 0 heterocycles. The highest BCUT2D eigenvalue weighted by Gasteiger charge is 2.11. The minimum absolute atomic E-state index is 0.333. The van der Waals surface area contributed by atoms with E-state index in [1.807, 2.05) is 62.4 Å². The zero-order valence-electron chi connectivity index (χ0n) is 9.57. The van der Waals surface area contributed by atoms with Crippen molar-refractivity contribution in [2.24, 2.45) is 0 Å². The summed E-state index contributed by atoms with van der Waals surface area (Å²) >= 11 is 0. The van der Waals surface area contributed by atoms with Crippen molar-refractivity contribution in [2.75, 3.05) is 0 Å². The average Bonchev–Trinajstić information content (AvgIpc) is 2.30. The van der Waals surface area contributed by atoms with E-state index in [0.717, 1.165) is 11.4 Å². The summed E-state index contributed by atoms with van der Waals surface area (Å²) in [6.45, 7) is 4.07. The molecule has 2 heteroatoms. The number of quaternary nitrogens is 1. The summed E-state index contributed by atoms with van der Waals surface area (Å²) in [6.07, 6.45) is 0. The maximum atomic E-state index is 10.1. The molecule has 0 spiro atoms. The largest absolute Gasteiger partial charge is 0.208 e. The molecule has 2 aromatic carbocycles. The Bertz CT molecular complexity index is 414. The van der Waals surface area contributed by atoms with Gasteiger partial charge in [0.05, 0.1) is 0 Å². The second-order valence-corrected chi connectivity index (χ2v) is 4.08. The average molecular weight is 214 g/mol. The van der Waals surface area contributed by atoms with Gasteiger partial charge in [-0.05, 0) is 13.8 Å². The van der Waals surface area contributed by atoms with Gasteiger partial charge in [0, 0.05) is 24.3 Å². The lowest BCUT2D eigenvalue weighted by Gasteiger charge is -2.09. The van der Waals surface area contributed by atoms with E-state index in [-0.39, 0.29) is 0 Å². The third-order valence-electron chi connectivity index (χ3n) is 2.65. The molecule has 0 aliphatic carbocycles. The molecule has 0 aliphatic heterocycles. The Labute approximate surface area is 95.7 Å². The molecule has 82 valence electrons. The number of benzene rings is 2. The van der Waals surface area contributed by atoms with Crippen LogP contribution >= 0.6 is 0 Å². The first kappa shape index (κ1) is 10.9. The highest BCUT2D eigenvalue weighted by Crippen LogP contribution is 2.09. The van der Waals surface area contributed by atoms with Crippen LogP contribution in [0.15, 0.2) is 48.5 Å². The van der Waals surface area contributed by atoms with Gasteiger partial charge in [-0.2, -0.15) is 0 Å². The molecular weight excluding hydrogens is 198 g/mol. The first-order valence-corrected chi connectivity index (χ1v) is 5.37. The Kier molecular flexibility index (Phi) is 3.04. The summed E-state index contributed by atoms with van der Waals surface area (Å²) in [4.78, 5) is 0. The summed E-state index contributed by atoms with van der Waals surface area (Å²) in [5.74, 6) is 0. The molecule has 0 atom stereocenters. The maximum Gasteiger partial charge on any atom is 0.168 e. The molecule has 0 saturated heterocycles. The molecule has 0 fully saturated rings. The van der Waals surface area contributed by atoms with Crippen LogP contribution in [0.25, 0.3) is 0 Å². The normalized spacial score (nSPS) is 10.8. The van der Waals surface area contributed by atoms with E-state index < -0.39 is 0 Å². The second-order valence-electron chi connectivity index (χ2n) is 4.08. The third-order valence-corrected chi connectivity index (χ3v) is 2.65. The van der Waals surface area contributed by atoms with Gasteiger partial charge in [0.2, 0.25) is 0 Å². The van der Waals surface area contributed by atoms with Gasteiger partial charge < -0.3 is 0 Å². The molecule has 16 heavy (non-hydrogen) atoms. The lowest BCUT2D eigenvalue weighted by atomic mass is 10.2. The van der Waals surface area contributed by atoms with Crippen LogP contribution < -0.4 is 5.06 Å². The highest BCUT2D eigenvalue weighted by molar-refractivity contribution is 5.39. The van der Waals surface area contributed by atoms with E-state index in [1.165, 1.54) is 11.1 Å². The minimum Gasteiger partial charge on any atom is -0.208 e. The molecule has 2 nitrogen and oxygen atoms in total. The van der Waals surface area contributed by atoms with Crippen molar-refractivity contribution < 1.29 is 10.3 Å². The van der Waals surface area contributed by atoms with Crippen molar-refractivity contribution in [2.45, 2.75) is 13.8 Å². The first-order chi connectivity index (χ1) is 7.66. The lowest BCUT2D eigenvalue weighted by Crippen LogP contribution is -2.99. The number of aryl methyl sites for hydroxylation is 2. The summed E-state index contributed by atoms with van der Waals surface area (Å²) in [5, 5.41) is 10.4. The molecule has 2 rings (SSSR count). The minimum atomic E-state index is 0.333. The van der Waals surface area contributed by atoms with Crippen LogP contribution in [0.2, 0.25) is 0 Å². The van der Waals surface area contributed by atoms with Crippen LogP contribution in [-0.2, 0) is 0 Å². The topological polar surface area (TPSA) is 24.7 Å².